The first-order chi connectivity index (χ1) is 16.9. The van der Waals surface area contributed by atoms with Crippen LogP contribution < -0.4 is 21.5 Å². The van der Waals surface area contributed by atoms with E-state index in [2.05, 4.69) is 15.6 Å². The lowest BCUT2D eigenvalue weighted by Gasteiger charge is -2.27. The van der Waals surface area contributed by atoms with E-state index in [4.69, 9.17) is 10.9 Å². The molecular weight excluding hydrogens is 486 g/mol. The lowest BCUT2D eigenvalue weighted by Crippen LogP contribution is -2.42. The number of aryl methyl sites for hydroxylation is 1. The van der Waals surface area contributed by atoms with Crippen LogP contribution in [0.3, 0.4) is 0 Å². The van der Waals surface area contributed by atoms with Crippen molar-refractivity contribution in [2.75, 3.05) is 5.32 Å². The summed E-state index contributed by atoms with van der Waals surface area (Å²) in [6, 6.07) is 7.31. The molecule has 0 spiro atoms. The van der Waals surface area contributed by atoms with Crippen LogP contribution in [0, 0.1) is 12.8 Å². The van der Waals surface area contributed by atoms with Crippen molar-refractivity contribution in [2.45, 2.75) is 56.4 Å². The second-order valence-corrected chi connectivity index (χ2v) is 10.5. The maximum atomic E-state index is 13.3. The number of phenols is 2. The largest absolute Gasteiger partial charge is 0.504 e. The van der Waals surface area contributed by atoms with E-state index < -0.39 is 27.9 Å². The molecule has 1 aliphatic carbocycles. The number of phenolic OH excluding ortho intramolecular Hbond substituents is 2. The summed E-state index contributed by atoms with van der Waals surface area (Å²) in [6.07, 6.45) is 4.29. The highest BCUT2D eigenvalue weighted by atomic mass is 32.2. The Morgan fingerprint density at radius 1 is 1.08 bits per heavy atom. The number of aliphatic imine (C=N–C) groups is 1. The van der Waals surface area contributed by atoms with Gasteiger partial charge in [-0.15, -0.1) is 0 Å². The van der Waals surface area contributed by atoms with E-state index in [9.17, 15) is 28.2 Å². The van der Waals surface area contributed by atoms with E-state index in [1.807, 2.05) is 0 Å². The zero-order valence-corrected chi connectivity index (χ0v) is 20.7. The van der Waals surface area contributed by atoms with Crippen molar-refractivity contribution in [3.05, 3.63) is 47.5 Å². The van der Waals surface area contributed by atoms with Crippen LogP contribution in [-0.2, 0) is 26.0 Å². The number of anilines is 1. The molecular formula is C24H31N5O6S. The van der Waals surface area contributed by atoms with Gasteiger partial charge in [-0.05, 0) is 61.1 Å². The molecule has 11 nitrogen and oxygen atoms in total. The highest BCUT2D eigenvalue weighted by Gasteiger charge is 2.30. The number of aromatic hydroxyl groups is 2. The average molecular weight is 518 g/mol. The van der Waals surface area contributed by atoms with Crippen LogP contribution in [0.2, 0.25) is 0 Å². The Hall–Kier alpha value is -3.64. The lowest BCUT2D eigenvalue weighted by molar-refractivity contribution is -0.120. The Morgan fingerprint density at radius 3 is 2.42 bits per heavy atom. The normalized spacial score (nSPS) is 15.8. The fraction of sp³-hybridized carbons (Fsp3) is 0.375. The number of guanidine groups is 1. The van der Waals surface area contributed by atoms with E-state index in [-0.39, 0.29) is 40.4 Å². The smallest absolute Gasteiger partial charge is 0.249 e. The lowest BCUT2D eigenvalue weighted by atomic mass is 9.83. The van der Waals surface area contributed by atoms with Gasteiger partial charge in [-0.25, -0.2) is 18.5 Å². The number of carbonyl (C=O) groups excluding carboxylic acids is 2. The molecule has 36 heavy (non-hydrogen) atoms. The summed E-state index contributed by atoms with van der Waals surface area (Å²) in [5.41, 5.74) is 7.36. The number of amides is 2. The highest BCUT2D eigenvalue weighted by Crippen LogP contribution is 2.30. The van der Waals surface area contributed by atoms with Crippen molar-refractivity contribution in [2.24, 2.45) is 21.8 Å². The molecule has 0 saturated heterocycles. The Kier molecular flexibility index (Phi) is 8.53. The predicted octanol–water partition coefficient (Wildman–Crippen LogP) is 1.61. The zero-order chi connectivity index (χ0) is 26.5. The van der Waals surface area contributed by atoms with E-state index in [0.717, 1.165) is 32.1 Å². The van der Waals surface area contributed by atoms with Gasteiger partial charge >= 0.3 is 0 Å². The van der Waals surface area contributed by atoms with Gasteiger partial charge in [-0.3, -0.25) is 14.9 Å². The van der Waals surface area contributed by atoms with Crippen LogP contribution in [-0.4, -0.2) is 42.4 Å². The zero-order valence-electron chi connectivity index (χ0n) is 19.9. The molecule has 1 aliphatic rings. The van der Waals surface area contributed by atoms with E-state index in [1.54, 1.807) is 13.0 Å². The van der Waals surface area contributed by atoms with Crippen LogP contribution in [0.5, 0.6) is 11.5 Å². The maximum Gasteiger partial charge on any atom is 0.249 e. The number of rotatable bonds is 7. The molecule has 1 fully saturated rings. The van der Waals surface area contributed by atoms with Crippen molar-refractivity contribution in [1.82, 2.24) is 5.32 Å². The van der Waals surface area contributed by atoms with Gasteiger partial charge in [-0.1, -0.05) is 31.4 Å². The molecule has 0 heterocycles. The number of hydrogen-bond acceptors (Lipinski definition) is 7. The number of benzene rings is 2. The van der Waals surface area contributed by atoms with Gasteiger partial charge in [0.25, 0.3) is 0 Å². The summed E-state index contributed by atoms with van der Waals surface area (Å²) in [4.78, 5) is 29.9. The number of nitrogens with one attached hydrogen (secondary N) is 2. The van der Waals surface area contributed by atoms with E-state index in [1.165, 1.54) is 30.3 Å². The van der Waals surface area contributed by atoms with Gasteiger partial charge in [0.2, 0.25) is 21.8 Å². The van der Waals surface area contributed by atoms with E-state index >= 15 is 0 Å². The van der Waals surface area contributed by atoms with Crippen LogP contribution in [0.4, 0.5) is 5.69 Å². The number of hydrogen-bond donors (Lipinski definition) is 6. The molecule has 0 aliphatic heterocycles. The Labute approximate surface area is 209 Å². The molecule has 1 saturated carbocycles. The summed E-state index contributed by atoms with van der Waals surface area (Å²) >= 11 is 0. The molecule has 2 aromatic carbocycles. The van der Waals surface area contributed by atoms with Gasteiger partial charge in [0.1, 0.15) is 6.04 Å². The summed E-state index contributed by atoms with van der Waals surface area (Å²) in [6.45, 7) is 1.72. The van der Waals surface area contributed by atoms with E-state index in [0.29, 0.717) is 11.1 Å². The maximum absolute atomic E-state index is 13.3. The molecule has 12 heteroatoms. The fourth-order valence-corrected chi connectivity index (χ4v) is 4.72. The Morgan fingerprint density at radius 2 is 1.78 bits per heavy atom. The molecule has 0 bridgehead atoms. The van der Waals surface area contributed by atoms with Crippen LogP contribution in [0.15, 0.2) is 46.3 Å². The topological polar surface area (TPSA) is 197 Å². The SMILES string of the molecule is Cc1ccc(S(N)(=O)=O)cc1NC(=O)[C@H](N=C(N)NC(=O)Cc1ccc(O)c(O)c1)C1CCCCC1. The van der Waals surface area contributed by atoms with Crippen molar-refractivity contribution in [3.8, 4) is 11.5 Å². The molecule has 3 rings (SSSR count). The number of nitrogens with zero attached hydrogens (tertiary/aromatic N) is 1. The minimum Gasteiger partial charge on any atom is -0.504 e. The first kappa shape index (κ1) is 27.0. The Balaban J connectivity index is 1.78. The third-order valence-corrected chi connectivity index (χ3v) is 7.02. The monoisotopic (exact) mass is 517 g/mol. The van der Waals surface area contributed by atoms with Gasteiger partial charge in [0.15, 0.2) is 17.5 Å². The fourth-order valence-electron chi connectivity index (χ4n) is 4.18. The van der Waals surface area contributed by atoms with Gasteiger partial charge in [-0.2, -0.15) is 0 Å². The predicted molar refractivity (Wildman–Crippen MR) is 135 cm³/mol. The molecule has 0 unspecified atom stereocenters. The molecule has 2 aromatic rings. The van der Waals surface area contributed by atoms with Crippen LogP contribution in [0.1, 0.15) is 43.2 Å². The quantitative estimate of drug-likeness (QED) is 0.182. The first-order valence-electron chi connectivity index (χ1n) is 11.5. The molecule has 1 atom stereocenters. The summed E-state index contributed by atoms with van der Waals surface area (Å²) in [7, 11) is -3.96. The minimum absolute atomic E-state index is 0.107. The summed E-state index contributed by atoms with van der Waals surface area (Å²) in [5, 5.41) is 29.4. The van der Waals surface area contributed by atoms with Crippen molar-refractivity contribution in [1.29, 1.82) is 0 Å². The molecule has 194 valence electrons. The third kappa shape index (κ3) is 7.18. The first-order valence-corrected chi connectivity index (χ1v) is 13.1. The number of sulfonamides is 1. The molecule has 0 radical (unpaired) electrons. The van der Waals surface area contributed by atoms with Gasteiger partial charge in [0, 0.05) is 5.69 Å². The van der Waals surface area contributed by atoms with Crippen molar-refractivity contribution in [3.63, 3.8) is 0 Å². The third-order valence-electron chi connectivity index (χ3n) is 6.11. The Bertz CT molecular complexity index is 1270. The number of carbonyl (C=O) groups is 2. The minimum atomic E-state index is -3.96. The second-order valence-electron chi connectivity index (χ2n) is 8.92. The molecule has 8 N–H and O–H groups in total. The van der Waals surface area contributed by atoms with Gasteiger partial charge in [0.05, 0.1) is 11.3 Å². The number of primary sulfonamides is 1. The summed E-state index contributed by atoms with van der Waals surface area (Å²) in [5.74, 6) is -1.98. The van der Waals surface area contributed by atoms with Crippen LogP contribution in [0.25, 0.3) is 0 Å². The average Bonchev–Trinajstić information content (AvgIpc) is 2.81. The molecule has 2 amide bonds. The number of nitrogens with two attached hydrogens (primary N) is 2. The van der Waals surface area contributed by atoms with Crippen molar-refractivity contribution < 1.29 is 28.2 Å². The van der Waals surface area contributed by atoms with Gasteiger partial charge < -0.3 is 21.3 Å². The second kappa shape index (κ2) is 11.4. The van der Waals surface area contributed by atoms with Crippen LogP contribution >= 0.6 is 0 Å². The standard InChI is InChI=1S/C24H31N5O6S/c1-14-7-9-17(36(26,34)35)13-18(14)27-23(33)22(16-5-3-2-4-6-16)29-24(25)28-21(32)12-15-8-10-19(30)20(31)11-15/h7-11,13,16,22,30-31H,2-6,12H2,1H3,(H,27,33)(H2,26,34,35)(H3,25,28,29,32)/t22-/m1/s1. The molecule has 0 aromatic heterocycles. The van der Waals surface area contributed by atoms with Crippen molar-refractivity contribution >= 4 is 33.5 Å². The summed E-state index contributed by atoms with van der Waals surface area (Å²) < 4.78 is 23.5. The highest BCUT2D eigenvalue weighted by molar-refractivity contribution is 7.89.